The fraction of sp³-hybridized carbons (Fsp3) is 0.294. The van der Waals surface area contributed by atoms with Crippen molar-refractivity contribution in [1.82, 2.24) is 4.90 Å². The van der Waals surface area contributed by atoms with Gasteiger partial charge in [0.15, 0.2) is 6.10 Å². The van der Waals surface area contributed by atoms with Crippen molar-refractivity contribution in [1.29, 1.82) is 0 Å². The van der Waals surface area contributed by atoms with Crippen molar-refractivity contribution in [3.05, 3.63) is 46.7 Å². The molecule has 0 radical (unpaired) electrons. The molecule has 1 aliphatic rings. The predicted octanol–water partition coefficient (Wildman–Crippen LogP) is 1.46. The molecule has 6 nitrogen and oxygen atoms in total. The van der Waals surface area contributed by atoms with Crippen molar-refractivity contribution < 1.29 is 14.3 Å². The van der Waals surface area contributed by atoms with Crippen LogP contribution >= 0.6 is 11.3 Å². The van der Waals surface area contributed by atoms with Gasteiger partial charge in [0.1, 0.15) is 5.75 Å². The van der Waals surface area contributed by atoms with Gasteiger partial charge in [-0.1, -0.05) is 12.1 Å². The highest BCUT2D eigenvalue weighted by atomic mass is 32.1. The fourth-order valence-electron chi connectivity index (χ4n) is 2.69. The quantitative estimate of drug-likeness (QED) is 0.890. The van der Waals surface area contributed by atoms with Crippen molar-refractivity contribution in [3.63, 3.8) is 0 Å². The Bertz CT molecular complexity index is 732. The number of nitrogens with zero attached hydrogens (tertiary/aromatic N) is 2. The molecule has 0 saturated carbocycles. The first-order valence-corrected chi connectivity index (χ1v) is 8.54. The number of hydrogen-bond acceptors (Lipinski definition) is 5. The molecule has 1 aromatic heterocycles. The third-order valence-electron chi connectivity index (χ3n) is 3.83. The van der Waals surface area contributed by atoms with Gasteiger partial charge in [-0.2, -0.15) is 11.3 Å². The lowest BCUT2D eigenvalue weighted by atomic mass is 10.1. The average Bonchev–Trinajstić information content (AvgIpc) is 3.06. The van der Waals surface area contributed by atoms with E-state index in [2.05, 4.69) is 5.38 Å². The van der Waals surface area contributed by atoms with E-state index in [-0.39, 0.29) is 19.0 Å². The molecule has 7 heteroatoms. The van der Waals surface area contributed by atoms with Crippen molar-refractivity contribution in [2.24, 2.45) is 5.73 Å². The van der Waals surface area contributed by atoms with E-state index in [0.29, 0.717) is 18.0 Å². The van der Waals surface area contributed by atoms with Gasteiger partial charge < -0.3 is 15.4 Å². The molecule has 1 aromatic carbocycles. The third kappa shape index (κ3) is 3.58. The van der Waals surface area contributed by atoms with Crippen molar-refractivity contribution >= 4 is 28.8 Å². The van der Waals surface area contributed by atoms with Crippen LogP contribution in [-0.2, 0) is 16.1 Å². The lowest BCUT2D eigenvalue weighted by Gasteiger charge is -2.34. The normalized spacial score (nSPS) is 16.6. The van der Waals surface area contributed by atoms with Gasteiger partial charge in [-0.25, -0.2) is 0 Å². The molecule has 126 valence electrons. The number of nitrogens with two attached hydrogens (primary N) is 1. The lowest BCUT2D eigenvalue weighted by molar-refractivity contribution is -0.125. The molecule has 0 spiro atoms. The largest absolute Gasteiger partial charge is 0.477 e. The van der Waals surface area contributed by atoms with Crippen LogP contribution in [0, 0.1) is 0 Å². The Labute approximate surface area is 144 Å². The molecule has 2 N–H and O–H groups in total. The van der Waals surface area contributed by atoms with Crippen LogP contribution < -0.4 is 15.4 Å². The number of rotatable bonds is 5. The average molecular weight is 345 g/mol. The van der Waals surface area contributed by atoms with Crippen LogP contribution in [0.5, 0.6) is 5.75 Å². The monoisotopic (exact) mass is 345 g/mol. The summed E-state index contributed by atoms with van der Waals surface area (Å²) in [5.41, 5.74) is 7.21. The molecule has 1 aliphatic heterocycles. The maximum absolute atomic E-state index is 12.7. The van der Waals surface area contributed by atoms with Gasteiger partial charge in [0.25, 0.3) is 5.91 Å². The number of likely N-dealkylation sites (N-methyl/N-ethyl adjacent to an activating group) is 1. The van der Waals surface area contributed by atoms with Gasteiger partial charge in [-0.15, -0.1) is 0 Å². The molecule has 3 rings (SSSR count). The van der Waals surface area contributed by atoms with Crippen LogP contribution in [0.25, 0.3) is 0 Å². The van der Waals surface area contributed by atoms with Gasteiger partial charge in [-0.3, -0.25) is 14.5 Å². The number of anilines is 1. The van der Waals surface area contributed by atoms with Gasteiger partial charge in [-0.05, 0) is 41.6 Å². The minimum Gasteiger partial charge on any atom is -0.477 e. The van der Waals surface area contributed by atoms with Crippen LogP contribution in [0.2, 0.25) is 0 Å². The number of benzene rings is 1. The van der Waals surface area contributed by atoms with Crippen LogP contribution in [0.3, 0.4) is 0 Å². The molecular formula is C17H19N3O3S. The van der Waals surface area contributed by atoms with Crippen molar-refractivity contribution in [2.75, 3.05) is 25.0 Å². The zero-order valence-corrected chi connectivity index (χ0v) is 14.2. The molecule has 2 heterocycles. The maximum atomic E-state index is 12.7. The van der Waals surface area contributed by atoms with E-state index < -0.39 is 12.0 Å². The van der Waals surface area contributed by atoms with Crippen molar-refractivity contribution in [3.8, 4) is 5.75 Å². The first kappa shape index (κ1) is 16.5. The molecule has 0 unspecified atom stereocenters. The first-order chi connectivity index (χ1) is 11.5. The van der Waals surface area contributed by atoms with Gasteiger partial charge >= 0.3 is 0 Å². The topological polar surface area (TPSA) is 75.9 Å². The summed E-state index contributed by atoms with van der Waals surface area (Å²) in [7, 11) is 1.90. The summed E-state index contributed by atoms with van der Waals surface area (Å²) >= 11 is 1.63. The molecule has 0 aliphatic carbocycles. The molecule has 0 bridgehead atoms. The van der Waals surface area contributed by atoms with Crippen LogP contribution in [0.15, 0.2) is 41.1 Å². The Kier molecular flexibility index (Phi) is 4.82. The highest BCUT2D eigenvalue weighted by molar-refractivity contribution is 7.07. The number of carbonyl (C=O) groups is 2. The third-order valence-corrected chi connectivity index (χ3v) is 4.56. The van der Waals surface area contributed by atoms with E-state index in [1.807, 2.05) is 35.5 Å². The number of fused-ring (bicyclic) bond motifs is 1. The number of amides is 2. The minimum absolute atomic E-state index is 0.0882. The number of hydrogen-bond donors (Lipinski definition) is 1. The smallest absolute Gasteiger partial charge is 0.260 e. The number of primary amides is 1. The predicted molar refractivity (Wildman–Crippen MR) is 93.1 cm³/mol. The molecule has 1 atom stereocenters. The second kappa shape index (κ2) is 7.02. The molecular weight excluding hydrogens is 326 g/mol. The van der Waals surface area contributed by atoms with E-state index in [0.717, 1.165) is 0 Å². The van der Waals surface area contributed by atoms with Gasteiger partial charge in [0.2, 0.25) is 5.91 Å². The number of carbonyl (C=O) groups excluding carboxylic acids is 2. The lowest BCUT2D eigenvalue weighted by Crippen LogP contribution is -2.51. The van der Waals surface area contributed by atoms with E-state index in [9.17, 15) is 9.59 Å². The van der Waals surface area contributed by atoms with E-state index in [1.54, 1.807) is 28.4 Å². The zero-order chi connectivity index (χ0) is 17.1. The van der Waals surface area contributed by atoms with Crippen LogP contribution in [-0.4, -0.2) is 43.0 Å². The summed E-state index contributed by atoms with van der Waals surface area (Å²) in [6.07, 6.45) is -0.828. The Morgan fingerprint density at radius 2 is 2.17 bits per heavy atom. The second-order valence-electron chi connectivity index (χ2n) is 5.78. The summed E-state index contributed by atoms with van der Waals surface area (Å²) in [5, 5.41) is 4.08. The zero-order valence-electron chi connectivity index (χ0n) is 13.3. The Morgan fingerprint density at radius 3 is 2.88 bits per heavy atom. The molecule has 2 aromatic rings. The Balaban J connectivity index is 1.74. The number of ether oxygens (including phenoxy) is 1. The first-order valence-electron chi connectivity index (χ1n) is 7.59. The summed E-state index contributed by atoms with van der Waals surface area (Å²) in [5.74, 6) is -0.162. The number of para-hydroxylation sites is 2. The van der Waals surface area contributed by atoms with E-state index in [4.69, 9.17) is 10.5 Å². The SMILES string of the molecule is CN(CC(=O)N1C[C@@H](C(N)=O)Oc2ccccc21)Cc1ccsc1. The van der Waals surface area contributed by atoms with Crippen LogP contribution in [0.4, 0.5) is 5.69 Å². The fourth-order valence-corrected chi connectivity index (χ4v) is 3.34. The standard InChI is InChI=1S/C17H19N3O3S/c1-19(8-12-6-7-24-11-12)10-16(21)20-9-15(17(18)22)23-14-5-3-2-4-13(14)20/h2-7,11,15H,8-10H2,1H3,(H2,18,22)/t15-/m0/s1. The highest BCUT2D eigenvalue weighted by Gasteiger charge is 2.32. The summed E-state index contributed by atoms with van der Waals surface area (Å²) in [4.78, 5) is 27.8. The molecule has 2 amide bonds. The van der Waals surface area contributed by atoms with Gasteiger partial charge in [0.05, 0.1) is 18.8 Å². The molecule has 24 heavy (non-hydrogen) atoms. The van der Waals surface area contributed by atoms with Crippen molar-refractivity contribution in [2.45, 2.75) is 12.6 Å². The highest BCUT2D eigenvalue weighted by Crippen LogP contribution is 2.33. The summed E-state index contributed by atoms with van der Waals surface area (Å²) in [6, 6.07) is 9.22. The second-order valence-corrected chi connectivity index (χ2v) is 6.56. The summed E-state index contributed by atoms with van der Waals surface area (Å²) < 4.78 is 5.58. The summed E-state index contributed by atoms with van der Waals surface area (Å²) in [6.45, 7) is 1.08. The van der Waals surface area contributed by atoms with Gasteiger partial charge in [0, 0.05) is 6.54 Å². The van der Waals surface area contributed by atoms with Crippen LogP contribution in [0.1, 0.15) is 5.56 Å². The maximum Gasteiger partial charge on any atom is 0.260 e. The number of thiophene rings is 1. The Hall–Kier alpha value is -2.38. The Morgan fingerprint density at radius 1 is 1.38 bits per heavy atom. The van der Waals surface area contributed by atoms with E-state index in [1.165, 1.54) is 5.56 Å². The molecule has 0 saturated heterocycles. The minimum atomic E-state index is -0.828. The molecule has 0 fully saturated rings. The van der Waals surface area contributed by atoms with E-state index >= 15 is 0 Å².